The molecule has 18 heavy (non-hydrogen) atoms. The number of benzene rings is 1. The van der Waals surface area contributed by atoms with Crippen LogP contribution >= 0.6 is 65.8 Å². The normalized spacial score (nSPS) is 12.7. The van der Waals surface area contributed by atoms with Crippen molar-refractivity contribution in [2.24, 2.45) is 5.84 Å². The lowest BCUT2D eigenvalue weighted by molar-refractivity contribution is 0.553. The van der Waals surface area contributed by atoms with Crippen LogP contribution in [0.3, 0.4) is 0 Å². The number of nitrogens with two attached hydrogens (primary N) is 1. The average Bonchev–Trinajstić information content (AvgIpc) is 2.75. The van der Waals surface area contributed by atoms with Crippen LogP contribution in [0, 0.1) is 3.57 Å². The third-order valence-corrected chi connectivity index (χ3v) is 5.67. The van der Waals surface area contributed by atoms with Gasteiger partial charge in [-0.1, -0.05) is 15.9 Å². The van der Waals surface area contributed by atoms with Gasteiger partial charge in [0.15, 0.2) is 0 Å². The summed E-state index contributed by atoms with van der Waals surface area (Å²) in [6.07, 6.45) is 0.880. The summed E-state index contributed by atoms with van der Waals surface area (Å²) in [5.74, 6) is 5.70. The Kier molecular flexibility index (Phi) is 5.64. The highest BCUT2D eigenvalue weighted by molar-refractivity contribution is 14.1. The number of nitrogens with one attached hydrogen (secondary N) is 1. The van der Waals surface area contributed by atoms with E-state index in [0.29, 0.717) is 0 Å². The largest absolute Gasteiger partial charge is 0.271 e. The van der Waals surface area contributed by atoms with Gasteiger partial charge in [0.2, 0.25) is 0 Å². The zero-order chi connectivity index (χ0) is 13.1. The van der Waals surface area contributed by atoms with Gasteiger partial charge in [0.25, 0.3) is 0 Å². The van der Waals surface area contributed by atoms with Gasteiger partial charge in [-0.15, -0.1) is 11.3 Å². The highest BCUT2D eigenvalue weighted by atomic mass is 127. The lowest BCUT2D eigenvalue weighted by Gasteiger charge is -2.17. The van der Waals surface area contributed by atoms with E-state index in [0.717, 1.165) is 15.4 Å². The molecule has 1 aromatic heterocycles. The summed E-state index contributed by atoms with van der Waals surface area (Å²) in [7, 11) is 0. The van der Waals surface area contributed by atoms with E-state index < -0.39 is 0 Å². The predicted molar refractivity (Wildman–Crippen MR) is 92.6 cm³/mol. The van der Waals surface area contributed by atoms with Crippen molar-refractivity contribution in [1.82, 2.24) is 5.43 Å². The highest BCUT2D eigenvalue weighted by Crippen LogP contribution is 2.30. The Morgan fingerprint density at radius 1 is 1.33 bits per heavy atom. The number of hydrogen-bond donors (Lipinski definition) is 2. The quantitative estimate of drug-likeness (QED) is 0.364. The molecule has 0 fully saturated rings. The first-order chi connectivity index (χ1) is 8.60. The Labute approximate surface area is 141 Å². The molecule has 0 aliphatic heterocycles. The lowest BCUT2D eigenvalue weighted by Crippen LogP contribution is -2.29. The summed E-state index contributed by atoms with van der Waals surface area (Å²) in [4.78, 5) is 1.30. The van der Waals surface area contributed by atoms with E-state index in [1.54, 1.807) is 11.3 Å². The molecule has 1 aromatic carbocycles. The standard InChI is InChI=1S/C12H11Br2IN2S/c13-7-3-9(18-6-7)5-12(17-16)10-4-8(15)1-2-11(10)14/h1-4,6,12,17H,5,16H2. The Bertz CT molecular complexity index is 545. The van der Waals surface area contributed by atoms with Crippen molar-refractivity contribution in [2.75, 3.05) is 0 Å². The second-order valence-corrected chi connectivity index (χ2v) is 7.83. The van der Waals surface area contributed by atoms with Gasteiger partial charge in [0, 0.05) is 29.2 Å². The zero-order valence-corrected chi connectivity index (χ0v) is 15.4. The van der Waals surface area contributed by atoms with Gasteiger partial charge in [-0.3, -0.25) is 11.3 Å². The molecule has 0 saturated heterocycles. The molecular formula is C12H11Br2IN2S. The second-order valence-electron chi connectivity index (χ2n) is 3.82. The summed E-state index contributed by atoms with van der Waals surface area (Å²) >= 11 is 11.1. The minimum atomic E-state index is 0.111. The number of rotatable bonds is 4. The summed E-state index contributed by atoms with van der Waals surface area (Å²) in [6.45, 7) is 0. The Hall–Kier alpha value is 0.530. The molecule has 1 heterocycles. The highest BCUT2D eigenvalue weighted by Gasteiger charge is 2.15. The Morgan fingerprint density at radius 2 is 2.11 bits per heavy atom. The van der Waals surface area contributed by atoms with Crippen molar-refractivity contribution in [3.63, 3.8) is 0 Å². The van der Waals surface area contributed by atoms with Crippen molar-refractivity contribution >= 4 is 65.8 Å². The molecule has 2 rings (SSSR count). The van der Waals surface area contributed by atoms with Gasteiger partial charge in [-0.05, 0) is 68.3 Å². The maximum Gasteiger partial charge on any atom is 0.0519 e. The van der Waals surface area contributed by atoms with Crippen molar-refractivity contribution in [3.8, 4) is 0 Å². The van der Waals surface area contributed by atoms with Gasteiger partial charge in [-0.2, -0.15) is 0 Å². The molecule has 0 radical (unpaired) electrons. The Balaban J connectivity index is 2.25. The fraction of sp³-hybridized carbons (Fsp3) is 0.167. The van der Waals surface area contributed by atoms with Crippen LogP contribution in [0.4, 0.5) is 0 Å². The SMILES string of the molecule is NNC(Cc1cc(Br)cs1)c1cc(I)ccc1Br. The molecule has 6 heteroatoms. The van der Waals surface area contributed by atoms with E-state index in [9.17, 15) is 0 Å². The molecule has 1 atom stereocenters. The van der Waals surface area contributed by atoms with Crippen LogP contribution in [0.2, 0.25) is 0 Å². The maximum atomic E-state index is 5.70. The molecule has 0 saturated carbocycles. The van der Waals surface area contributed by atoms with Crippen molar-refractivity contribution in [3.05, 3.63) is 52.6 Å². The fourth-order valence-electron chi connectivity index (χ4n) is 1.70. The Morgan fingerprint density at radius 3 is 2.72 bits per heavy atom. The van der Waals surface area contributed by atoms with E-state index in [-0.39, 0.29) is 6.04 Å². The predicted octanol–water partition coefficient (Wildman–Crippen LogP) is 4.62. The molecule has 1 unspecified atom stereocenters. The smallest absolute Gasteiger partial charge is 0.0519 e. The molecule has 0 spiro atoms. The second kappa shape index (κ2) is 6.81. The van der Waals surface area contributed by atoms with Crippen LogP contribution in [0.5, 0.6) is 0 Å². The van der Waals surface area contributed by atoms with Gasteiger partial charge < -0.3 is 0 Å². The van der Waals surface area contributed by atoms with Crippen LogP contribution in [-0.2, 0) is 6.42 Å². The summed E-state index contributed by atoms with van der Waals surface area (Å²) in [5.41, 5.74) is 4.09. The van der Waals surface area contributed by atoms with Gasteiger partial charge >= 0.3 is 0 Å². The summed E-state index contributed by atoms with van der Waals surface area (Å²) in [5, 5.41) is 2.09. The van der Waals surface area contributed by atoms with Crippen molar-refractivity contribution < 1.29 is 0 Å². The molecule has 96 valence electrons. The number of hydrazine groups is 1. The number of thiophene rings is 1. The molecule has 2 nitrogen and oxygen atoms in total. The number of halogens is 3. The third-order valence-electron chi connectivity index (χ3n) is 2.56. The van der Waals surface area contributed by atoms with Crippen LogP contribution in [0.15, 0.2) is 38.6 Å². The van der Waals surface area contributed by atoms with Crippen LogP contribution in [0.1, 0.15) is 16.5 Å². The monoisotopic (exact) mass is 500 g/mol. The van der Waals surface area contributed by atoms with E-state index in [1.165, 1.54) is 14.0 Å². The molecule has 3 N–H and O–H groups in total. The first-order valence-corrected chi connectivity index (χ1v) is 8.78. The summed E-state index contributed by atoms with van der Waals surface area (Å²) in [6, 6.07) is 8.53. The van der Waals surface area contributed by atoms with Crippen LogP contribution < -0.4 is 11.3 Å². The molecule has 0 bridgehead atoms. The van der Waals surface area contributed by atoms with E-state index >= 15 is 0 Å². The third kappa shape index (κ3) is 3.77. The van der Waals surface area contributed by atoms with Crippen molar-refractivity contribution in [1.29, 1.82) is 0 Å². The minimum absolute atomic E-state index is 0.111. The van der Waals surface area contributed by atoms with Gasteiger partial charge in [0.1, 0.15) is 0 Å². The first-order valence-electron chi connectivity index (χ1n) is 5.24. The lowest BCUT2D eigenvalue weighted by atomic mass is 10.0. The van der Waals surface area contributed by atoms with E-state index in [4.69, 9.17) is 5.84 Å². The molecule has 2 aromatic rings. The average molecular weight is 502 g/mol. The first kappa shape index (κ1) is 14.9. The fourth-order valence-corrected chi connectivity index (χ4v) is 4.24. The topological polar surface area (TPSA) is 38.0 Å². The minimum Gasteiger partial charge on any atom is -0.271 e. The van der Waals surface area contributed by atoms with E-state index in [1.807, 2.05) is 0 Å². The number of hydrogen-bond acceptors (Lipinski definition) is 3. The summed E-state index contributed by atoms with van der Waals surface area (Å²) < 4.78 is 3.42. The van der Waals surface area contributed by atoms with E-state index in [2.05, 4.69) is 89.5 Å². The molecular weight excluding hydrogens is 491 g/mol. The van der Waals surface area contributed by atoms with Gasteiger partial charge in [-0.25, -0.2) is 0 Å². The maximum absolute atomic E-state index is 5.70. The zero-order valence-electron chi connectivity index (χ0n) is 9.29. The molecule has 0 aliphatic carbocycles. The van der Waals surface area contributed by atoms with Crippen molar-refractivity contribution in [2.45, 2.75) is 12.5 Å². The molecule has 0 aliphatic rings. The van der Waals surface area contributed by atoms with Gasteiger partial charge in [0.05, 0.1) is 6.04 Å². The van der Waals surface area contributed by atoms with Crippen LogP contribution in [-0.4, -0.2) is 0 Å². The van der Waals surface area contributed by atoms with Crippen LogP contribution in [0.25, 0.3) is 0 Å². The molecule has 0 amide bonds.